The molecular formula is C14H19ClN4O7. The van der Waals surface area contributed by atoms with Crippen molar-refractivity contribution >= 4 is 41.6 Å². The summed E-state index contributed by atoms with van der Waals surface area (Å²) in [4.78, 5) is 46.3. The van der Waals surface area contributed by atoms with Crippen LogP contribution in [0.5, 0.6) is 0 Å². The number of esters is 1. The van der Waals surface area contributed by atoms with Gasteiger partial charge in [0.15, 0.2) is 0 Å². The third kappa shape index (κ3) is 5.29. The van der Waals surface area contributed by atoms with E-state index in [1.807, 2.05) is 0 Å². The maximum Gasteiger partial charge on any atom is 0.338 e. The van der Waals surface area contributed by atoms with Gasteiger partial charge in [0.1, 0.15) is 5.69 Å². The van der Waals surface area contributed by atoms with Crippen molar-refractivity contribution in [1.82, 2.24) is 0 Å². The molecule has 0 heterocycles. The first kappa shape index (κ1) is 23.1. The highest BCUT2D eigenvalue weighted by molar-refractivity contribution is 6.05. The van der Waals surface area contributed by atoms with Crippen LogP contribution in [0.4, 0.5) is 11.4 Å². The zero-order chi connectivity index (χ0) is 19.1. The predicted molar refractivity (Wildman–Crippen MR) is 93.3 cm³/mol. The van der Waals surface area contributed by atoms with Crippen LogP contribution in [0, 0.1) is 10.1 Å². The van der Waals surface area contributed by atoms with Gasteiger partial charge in [-0.25, -0.2) is 9.59 Å². The Morgan fingerprint density at radius 1 is 1.38 bits per heavy atom. The number of carbonyl (C=O) groups is 3. The molecule has 0 bridgehead atoms. The lowest BCUT2D eigenvalue weighted by molar-refractivity contribution is -0.384. The molecule has 0 saturated heterocycles. The Kier molecular flexibility index (Phi) is 9.02. The van der Waals surface area contributed by atoms with Crippen LogP contribution in [0.1, 0.15) is 16.8 Å². The van der Waals surface area contributed by atoms with E-state index in [0.29, 0.717) is 6.42 Å². The molecule has 1 atom stereocenters. The van der Waals surface area contributed by atoms with E-state index >= 15 is 0 Å². The highest BCUT2D eigenvalue weighted by Gasteiger charge is 2.35. The Bertz CT molecular complexity index is 698. The zero-order valence-electron chi connectivity index (χ0n) is 13.8. The van der Waals surface area contributed by atoms with Crippen LogP contribution in [0.25, 0.3) is 0 Å². The third-order valence-electron chi connectivity index (χ3n) is 3.34. The Hall–Kier alpha value is -2.92. The number of hydrogen-bond acceptors (Lipinski definition) is 8. The number of amides is 1. The average molecular weight is 391 g/mol. The van der Waals surface area contributed by atoms with E-state index in [0.717, 1.165) is 30.2 Å². The highest BCUT2D eigenvalue weighted by Crippen LogP contribution is 2.31. The smallest absolute Gasteiger partial charge is 0.338 e. The molecule has 0 saturated carbocycles. The van der Waals surface area contributed by atoms with E-state index in [2.05, 4.69) is 4.74 Å². The minimum absolute atomic E-state index is 0. The van der Waals surface area contributed by atoms with Crippen molar-refractivity contribution in [3.05, 3.63) is 33.9 Å². The molecule has 1 unspecified atom stereocenters. The van der Waals surface area contributed by atoms with Crippen LogP contribution in [0.15, 0.2) is 18.2 Å². The summed E-state index contributed by atoms with van der Waals surface area (Å²) in [7, 11) is 1.04. The molecule has 0 aliphatic carbocycles. The van der Waals surface area contributed by atoms with Crippen LogP contribution in [0.3, 0.4) is 0 Å². The average Bonchev–Trinajstić information content (AvgIpc) is 2.56. The lowest BCUT2D eigenvalue weighted by atomic mass is 10.1. The summed E-state index contributed by atoms with van der Waals surface area (Å²) in [6.07, 6.45) is 0.290. The summed E-state index contributed by atoms with van der Waals surface area (Å²) < 4.78 is 4.54. The minimum atomic E-state index is -1.62. The second-order valence-electron chi connectivity index (χ2n) is 4.93. The lowest BCUT2D eigenvalue weighted by Gasteiger charge is -2.29. The SMILES string of the molecule is COC(=O)C(C(N)=O)N(CCCN)c1ccc(C(=O)O)cc1[N+](=O)[O-].Cl. The quantitative estimate of drug-likeness (QED) is 0.224. The van der Waals surface area contributed by atoms with Crippen molar-refractivity contribution in [2.45, 2.75) is 12.5 Å². The number of carbonyl (C=O) groups excluding carboxylic acids is 2. The Labute approximate surface area is 154 Å². The molecule has 12 heteroatoms. The van der Waals surface area contributed by atoms with Gasteiger partial charge in [-0.05, 0) is 25.1 Å². The first-order chi connectivity index (χ1) is 11.7. The molecule has 1 rings (SSSR count). The molecule has 1 aromatic rings. The largest absolute Gasteiger partial charge is 0.478 e. The number of aromatic carboxylic acids is 1. The molecule has 144 valence electrons. The Morgan fingerprint density at radius 2 is 2.00 bits per heavy atom. The number of nitrogens with two attached hydrogens (primary N) is 2. The van der Waals surface area contributed by atoms with Gasteiger partial charge in [0.25, 0.3) is 11.6 Å². The fourth-order valence-electron chi connectivity index (χ4n) is 2.20. The van der Waals surface area contributed by atoms with Gasteiger partial charge in [-0.3, -0.25) is 14.9 Å². The molecule has 0 aliphatic rings. The van der Waals surface area contributed by atoms with E-state index < -0.39 is 34.5 Å². The number of carboxylic acids is 1. The van der Waals surface area contributed by atoms with Crippen molar-refractivity contribution in [3.8, 4) is 0 Å². The third-order valence-corrected chi connectivity index (χ3v) is 3.34. The number of anilines is 1. The van der Waals surface area contributed by atoms with Gasteiger partial charge in [0.2, 0.25) is 6.04 Å². The fraction of sp³-hybridized carbons (Fsp3) is 0.357. The van der Waals surface area contributed by atoms with Gasteiger partial charge in [-0.15, -0.1) is 12.4 Å². The topological polar surface area (TPSA) is 179 Å². The first-order valence-electron chi connectivity index (χ1n) is 7.10. The monoisotopic (exact) mass is 390 g/mol. The van der Waals surface area contributed by atoms with Crippen molar-refractivity contribution in [2.75, 3.05) is 25.1 Å². The number of primary amides is 1. The van der Waals surface area contributed by atoms with Gasteiger partial charge in [0, 0.05) is 12.6 Å². The van der Waals surface area contributed by atoms with Crippen LogP contribution >= 0.6 is 12.4 Å². The molecule has 1 amide bonds. The maximum atomic E-state index is 11.9. The molecule has 0 radical (unpaired) electrons. The number of nitrogens with zero attached hydrogens (tertiary/aromatic N) is 2. The summed E-state index contributed by atoms with van der Waals surface area (Å²) in [6.45, 7) is 0.177. The fourth-order valence-corrected chi connectivity index (χ4v) is 2.20. The summed E-state index contributed by atoms with van der Waals surface area (Å²) in [5.74, 6) is -3.43. The van der Waals surface area contributed by atoms with Crippen LogP contribution in [-0.2, 0) is 14.3 Å². The van der Waals surface area contributed by atoms with Gasteiger partial charge in [-0.1, -0.05) is 0 Å². The summed E-state index contributed by atoms with van der Waals surface area (Å²) in [5.41, 5.74) is 9.63. The maximum absolute atomic E-state index is 11.9. The second-order valence-corrected chi connectivity index (χ2v) is 4.93. The number of rotatable bonds is 9. The molecule has 0 fully saturated rings. The highest BCUT2D eigenvalue weighted by atomic mass is 35.5. The minimum Gasteiger partial charge on any atom is -0.478 e. The van der Waals surface area contributed by atoms with E-state index in [4.69, 9.17) is 16.6 Å². The summed E-state index contributed by atoms with van der Waals surface area (Å²) in [5, 5.41) is 20.3. The normalized spacial score (nSPS) is 11.0. The van der Waals surface area contributed by atoms with Crippen molar-refractivity contribution in [2.24, 2.45) is 11.5 Å². The number of ether oxygens (including phenoxy) is 1. The Morgan fingerprint density at radius 3 is 2.42 bits per heavy atom. The van der Waals surface area contributed by atoms with Gasteiger partial charge < -0.3 is 26.2 Å². The van der Waals surface area contributed by atoms with Crippen LogP contribution in [0.2, 0.25) is 0 Å². The zero-order valence-corrected chi connectivity index (χ0v) is 14.6. The van der Waals surface area contributed by atoms with E-state index in [1.54, 1.807) is 0 Å². The van der Waals surface area contributed by atoms with E-state index in [9.17, 15) is 24.5 Å². The van der Waals surface area contributed by atoms with Gasteiger partial charge in [-0.2, -0.15) is 0 Å². The number of nitro groups is 1. The molecule has 0 spiro atoms. The van der Waals surface area contributed by atoms with Crippen molar-refractivity contribution in [3.63, 3.8) is 0 Å². The van der Waals surface area contributed by atoms with Gasteiger partial charge in [0.05, 0.1) is 17.6 Å². The molecular weight excluding hydrogens is 372 g/mol. The van der Waals surface area contributed by atoms with Crippen LogP contribution < -0.4 is 16.4 Å². The summed E-state index contributed by atoms with van der Waals surface area (Å²) >= 11 is 0. The van der Waals surface area contributed by atoms with Crippen molar-refractivity contribution in [1.29, 1.82) is 0 Å². The summed E-state index contributed by atoms with van der Waals surface area (Å²) in [6, 6.07) is 1.47. The number of methoxy groups -OCH3 is 1. The molecule has 5 N–H and O–H groups in total. The van der Waals surface area contributed by atoms with E-state index in [1.165, 1.54) is 0 Å². The molecule has 11 nitrogen and oxygen atoms in total. The van der Waals surface area contributed by atoms with Crippen LogP contribution in [-0.4, -0.2) is 54.1 Å². The number of carboxylic acid groups (broad SMARTS) is 1. The standard InChI is InChI=1S/C14H18N4O7.ClH/c1-25-14(22)11(12(16)19)17(6-2-5-15)9-4-3-8(13(20)21)7-10(9)18(23)24;/h3-4,7,11H,2,5-6,15H2,1H3,(H2,16,19)(H,20,21);1H. The number of halogens is 1. The molecule has 0 aromatic heterocycles. The number of benzene rings is 1. The predicted octanol–water partition coefficient (Wildman–Crippen LogP) is -0.103. The van der Waals surface area contributed by atoms with Gasteiger partial charge >= 0.3 is 11.9 Å². The van der Waals surface area contributed by atoms with Crippen molar-refractivity contribution < 1.29 is 29.2 Å². The lowest BCUT2D eigenvalue weighted by Crippen LogP contribution is -2.51. The second kappa shape index (κ2) is 10.2. The Balaban J connectivity index is 0.00000625. The number of hydrogen-bond donors (Lipinski definition) is 3. The first-order valence-corrected chi connectivity index (χ1v) is 7.10. The molecule has 26 heavy (non-hydrogen) atoms. The number of nitro benzene ring substituents is 1. The molecule has 0 aliphatic heterocycles. The molecule has 1 aromatic carbocycles. The van der Waals surface area contributed by atoms with E-state index in [-0.39, 0.29) is 36.7 Å².